The van der Waals surface area contributed by atoms with E-state index >= 15 is 0 Å². The largest absolute Gasteiger partial charge is 0.543 e. The third kappa shape index (κ3) is 9.88. The minimum atomic E-state index is -2.01. The van der Waals surface area contributed by atoms with Crippen LogP contribution in [-0.4, -0.2) is 8.32 Å². The Bertz CT molecular complexity index is 1720. The Balaban J connectivity index is 1.47. The van der Waals surface area contributed by atoms with E-state index in [1.54, 1.807) is 0 Å². The van der Waals surface area contributed by atoms with Crippen molar-refractivity contribution in [3.05, 3.63) is 160 Å². The molecule has 0 aliphatic carbocycles. The van der Waals surface area contributed by atoms with Gasteiger partial charge < -0.3 is 18.6 Å². The van der Waals surface area contributed by atoms with Crippen LogP contribution in [0.3, 0.4) is 0 Å². The van der Waals surface area contributed by atoms with Crippen LogP contribution < -0.4 is 18.6 Å². The van der Waals surface area contributed by atoms with Gasteiger partial charge in [-0.25, -0.2) is 0 Å². The molecule has 0 spiro atoms. The zero-order chi connectivity index (χ0) is 34.0. The summed E-state index contributed by atoms with van der Waals surface area (Å²) >= 11 is 3.67. The van der Waals surface area contributed by atoms with Crippen molar-refractivity contribution >= 4 is 30.3 Å². The fraction of sp³-hybridized carbons (Fsp3) is 0.238. The third-order valence-corrected chi connectivity index (χ3v) is 13.4. The van der Waals surface area contributed by atoms with Gasteiger partial charge in [0.05, 0.1) is 0 Å². The molecule has 0 unspecified atom stereocenters. The van der Waals surface area contributed by atoms with Gasteiger partial charge in [0.25, 0.3) is 0 Å². The van der Waals surface area contributed by atoms with Crippen LogP contribution in [0.2, 0.25) is 18.1 Å². The van der Waals surface area contributed by atoms with Crippen molar-refractivity contribution in [2.24, 2.45) is 0 Å². The molecule has 0 saturated heterocycles. The molecule has 0 saturated carbocycles. The maximum atomic E-state index is 6.75. The Morgan fingerprint density at radius 3 is 1.56 bits per heavy atom. The first-order chi connectivity index (χ1) is 23.1. The Kier molecular flexibility index (Phi) is 11.8. The Hall–Kier alpha value is -4.26. The zero-order valence-electron chi connectivity index (χ0n) is 28.5. The van der Waals surface area contributed by atoms with Crippen molar-refractivity contribution in [2.75, 3.05) is 0 Å². The molecule has 0 aliphatic rings. The van der Waals surface area contributed by atoms with E-state index < -0.39 is 8.32 Å². The van der Waals surface area contributed by atoms with E-state index in [2.05, 4.69) is 117 Å². The van der Waals surface area contributed by atoms with Crippen LogP contribution in [0.1, 0.15) is 48.6 Å². The predicted octanol–water partition coefficient (Wildman–Crippen LogP) is 11.8. The molecule has 0 fully saturated rings. The van der Waals surface area contributed by atoms with E-state index in [4.69, 9.17) is 18.6 Å². The Morgan fingerprint density at radius 2 is 1.08 bits per heavy atom. The van der Waals surface area contributed by atoms with E-state index in [0.717, 1.165) is 38.0 Å². The van der Waals surface area contributed by atoms with Crippen molar-refractivity contribution in [1.29, 1.82) is 0 Å². The van der Waals surface area contributed by atoms with Crippen molar-refractivity contribution in [2.45, 2.75) is 65.1 Å². The summed E-state index contributed by atoms with van der Waals surface area (Å²) in [5, 5.41) is 0.101. The number of allylic oxidation sites excluding steroid dienone is 1. The lowest BCUT2D eigenvalue weighted by Gasteiger charge is -2.37. The van der Waals surface area contributed by atoms with Gasteiger partial charge in [-0.15, -0.1) is 0 Å². The van der Waals surface area contributed by atoms with Crippen LogP contribution in [0, 0.1) is 0 Å². The summed E-state index contributed by atoms with van der Waals surface area (Å²) in [6.45, 7) is 12.5. The van der Waals surface area contributed by atoms with Crippen molar-refractivity contribution in [3.63, 3.8) is 0 Å². The molecule has 0 atom stereocenters. The molecule has 0 N–H and O–H groups in total. The number of benzene rings is 5. The molecule has 5 aromatic carbocycles. The quantitative estimate of drug-likeness (QED) is 0.107. The molecule has 0 bridgehead atoms. The van der Waals surface area contributed by atoms with Gasteiger partial charge in [0, 0.05) is 4.47 Å². The summed E-state index contributed by atoms with van der Waals surface area (Å²) in [5.74, 6) is 2.78. The van der Waals surface area contributed by atoms with Gasteiger partial charge in [-0.3, -0.25) is 0 Å². The second-order valence-corrected chi connectivity index (χ2v) is 19.0. The number of ether oxygens (including phenoxy) is 3. The molecule has 48 heavy (non-hydrogen) atoms. The summed E-state index contributed by atoms with van der Waals surface area (Å²) in [5.41, 5.74) is 5.30. The van der Waals surface area contributed by atoms with Gasteiger partial charge >= 0.3 is 0 Å². The monoisotopic (exact) mass is 720 g/mol. The molecule has 6 heteroatoms. The topological polar surface area (TPSA) is 36.9 Å². The molecule has 0 heterocycles. The summed E-state index contributed by atoms with van der Waals surface area (Å²) in [7, 11) is -2.01. The molecule has 0 amide bonds. The maximum Gasteiger partial charge on any atom is 0.250 e. The molecule has 4 nitrogen and oxygen atoms in total. The van der Waals surface area contributed by atoms with Crippen LogP contribution in [0.25, 0.3) is 6.08 Å². The van der Waals surface area contributed by atoms with Crippen LogP contribution in [0.4, 0.5) is 0 Å². The van der Waals surface area contributed by atoms with Gasteiger partial charge in [-0.05, 0) is 82.7 Å². The average Bonchev–Trinajstić information content (AvgIpc) is 3.08. The summed E-state index contributed by atoms with van der Waals surface area (Å²) in [6, 6.07) is 40.8. The normalized spacial score (nSPS) is 11.8. The Labute approximate surface area is 295 Å². The molecular weight excluding hydrogens is 676 g/mol. The highest BCUT2D eigenvalue weighted by Crippen LogP contribution is 2.41. The van der Waals surface area contributed by atoms with Gasteiger partial charge in [0.15, 0.2) is 11.5 Å². The lowest BCUT2D eigenvalue weighted by atomic mass is 10.1. The molecular formula is C42H45BrO4Si. The number of rotatable bonds is 14. The Morgan fingerprint density at radius 1 is 0.604 bits per heavy atom. The zero-order valence-corrected chi connectivity index (χ0v) is 31.1. The summed E-state index contributed by atoms with van der Waals surface area (Å²) in [6.07, 6.45) is 4.99. The highest BCUT2D eigenvalue weighted by Gasteiger charge is 2.39. The van der Waals surface area contributed by atoms with Gasteiger partial charge in [0.2, 0.25) is 14.1 Å². The lowest BCUT2D eigenvalue weighted by Crippen LogP contribution is -2.44. The van der Waals surface area contributed by atoms with Gasteiger partial charge in [0.1, 0.15) is 25.6 Å². The summed E-state index contributed by atoms with van der Waals surface area (Å²) in [4.78, 5) is 0. The van der Waals surface area contributed by atoms with Crippen molar-refractivity contribution < 1.29 is 18.6 Å². The number of hydrogen-bond donors (Lipinski definition) is 0. The van der Waals surface area contributed by atoms with Crippen molar-refractivity contribution in [1.82, 2.24) is 0 Å². The van der Waals surface area contributed by atoms with Crippen LogP contribution in [0.15, 0.2) is 132 Å². The fourth-order valence-corrected chi connectivity index (χ4v) is 6.27. The highest BCUT2D eigenvalue weighted by molar-refractivity contribution is 9.10. The number of halogens is 1. The molecule has 5 aromatic rings. The van der Waals surface area contributed by atoms with Gasteiger partial charge in [-0.1, -0.05) is 140 Å². The van der Waals surface area contributed by atoms with E-state index in [1.807, 2.05) is 66.7 Å². The lowest BCUT2D eigenvalue weighted by molar-refractivity contribution is 0.230. The minimum absolute atomic E-state index is 0.101. The van der Waals surface area contributed by atoms with Crippen LogP contribution in [0.5, 0.6) is 23.0 Å². The molecule has 0 radical (unpaired) electrons. The summed E-state index contributed by atoms with van der Waals surface area (Å²) < 4.78 is 27.2. The second kappa shape index (κ2) is 16.2. The first-order valence-corrected chi connectivity index (χ1v) is 20.1. The fourth-order valence-electron chi connectivity index (χ4n) is 4.81. The minimum Gasteiger partial charge on any atom is -0.543 e. The molecule has 0 aliphatic heterocycles. The first-order valence-electron chi connectivity index (χ1n) is 16.4. The van der Waals surface area contributed by atoms with E-state index in [-0.39, 0.29) is 5.04 Å². The van der Waals surface area contributed by atoms with Crippen LogP contribution in [-0.2, 0) is 26.2 Å². The molecule has 248 valence electrons. The van der Waals surface area contributed by atoms with E-state index in [9.17, 15) is 0 Å². The van der Waals surface area contributed by atoms with Crippen LogP contribution >= 0.6 is 15.9 Å². The SMILES string of the molecule is CC(C)(C)[Si](C)(C)Oc1ccc(Br)cc1C/C=C\c1cc(OCc2ccccc2)c(OCc2ccccc2)c(OCc2ccccc2)c1. The number of hydrogen-bond acceptors (Lipinski definition) is 4. The smallest absolute Gasteiger partial charge is 0.250 e. The highest BCUT2D eigenvalue weighted by atomic mass is 79.9. The first kappa shape index (κ1) is 35.1. The average molecular weight is 722 g/mol. The third-order valence-electron chi connectivity index (χ3n) is 8.59. The molecule has 5 rings (SSSR count). The van der Waals surface area contributed by atoms with E-state index in [0.29, 0.717) is 43.5 Å². The molecule has 0 aromatic heterocycles. The second-order valence-electron chi connectivity index (χ2n) is 13.4. The van der Waals surface area contributed by atoms with Gasteiger partial charge in [-0.2, -0.15) is 0 Å². The van der Waals surface area contributed by atoms with Crippen molar-refractivity contribution in [3.8, 4) is 23.0 Å². The predicted molar refractivity (Wildman–Crippen MR) is 203 cm³/mol. The standard InChI is InChI=1S/C42H45BrO4Si/c1-42(2,3)48(4,5)47-38-25-24-37(43)28-36(38)23-15-22-35-26-39(44-29-32-16-9-6-10-17-32)41(46-31-34-20-13-8-14-21-34)40(27-35)45-30-33-18-11-7-12-19-33/h6-22,24-28H,23,29-31H2,1-5H3/b22-15-. The maximum absolute atomic E-state index is 6.75. The van der Waals surface area contributed by atoms with E-state index in [1.165, 1.54) is 0 Å².